The van der Waals surface area contributed by atoms with Crippen molar-refractivity contribution in [3.05, 3.63) is 0 Å². The number of hydrogen-bond acceptors (Lipinski definition) is 2. The summed E-state index contributed by atoms with van der Waals surface area (Å²) in [5, 5.41) is 0. The van der Waals surface area contributed by atoms with E-state index >= 15 is 0 Å². The minimum absolute atomic E-state index is 0.0949. The van der Waals surface area contributed by atoms with E-state index in [-0.39, 0.29) is 6.10 Å². The van der Waals surface area contributed by atoms with Crippen molar-refractivity contribution in [2.45, 2.75) is 38.7 Å². The smallest absolute Gasteiger partial charge is 0.404 e. The molecule has 0 aromatic heterocycles. The van der Waals surface area contributed by atoms with Crippen LogP contribution in [0, 0.1) is 5.92 Å². The number of hydrogen-bond donors (Lipinski definition) is 1. The van der Waals surface area contributed by atoms with Gasteiger partial charge in [0.05, 0.1) is 0 Å². The molecule has 2 N–H and O–H groups in total. The van der Waals surface area contributed by atoms with Gasteiger partial charge in [-0.3, -0.25) is 0 Å². The van der Waals surface area contributed by atoms with E-state index in [9.17, 15) is 4.79 Å². The SMILES string of the molecule is CC[C@@H]1CCC[C@@H]1OC(N)=O. The van der Waals surface area contributed by atoms with Crippen molar-refractivity contribution in [3.8, 4) is 0 Å². The Bertz CT molecular complexity index is 147. The predicted molar refractivity (Wildman–Crippen MR) is 42.1 cm³/mol. The van der Waals surface area contributed by atoms with Gasteiger partial charge >= 0.3 is 6.09 Å². The first-order chi connectivity index (χ1) is 5.24. The summed E-state index contributed by atoms with van der Waals surface area (Å²) in [7, 11) is 0. The van der Waals surface area contributed by atoms with Crippen LogP contribution in [0.2, 0.25) is 0 Å². The third kappa shape index (κ3) is 2.10. The van der Waals surface area contributed by atoms with Gasteiger partial charge in [0.15, 0.2) is 0 Å². The van der Waals surface area contributed by atoms with Gasteiger partial charge in [-0.25, -0.2) is 4.79 Å². The van der Waals surface area contributed by atoms with Crippen LogP contribution in [-0.2, 0) is 4.74 Å². The van der Waals surface area contributed by atoms with Gasteiger partial charge in [-0.05, 0) is 31.6 Å². The zero-order chi connectivity index (χ0) is 8.27. The number of rotatable bonds is 2. The molecule has 0 aromatic rings. The lowest BCUT2D eigenvalue weighted by Gasteiger charge is -2.16. The fourth-order valence-corrected chi connectivity index (χ4v) is 1.77. The van der Waals surface area contributed by atoms with Gasteiger partial charge in [0.1, 0.15) is 6.10 Å². The number of amides is 1. The monoisotopic (exact) mass is 157 g/mol. The summed E-state index contributed by atoms with van der Waals surface area (Å²) in [6, 6.07) is 0. The summed E-state index contributed by atoms with van der Waals surface area (Å²) in [6.07, 6.45) is 3.87. The Balaban J connectivity index is 2.37. The molecule has 0 bridgehead atoms. The van der Waals surface area contributed by atoms with E-state index in [0.29, 0.717) is 5.92 Å². The van der Waals surface area contributed by atoms with Crippen LogP contribution in [0.1, 0.15) is 32.6 Å². The molecule has 0 spiro atoms. The van der Waals surface area contributed by atoms with E-state index in [1.165, 1.54) is 6.42 Å². The van der Waals surface area contributed by atoms with Crippen LogP contribution in [0.4, 0.5) is 4.79 Å². The number of carbonyl (C=O) groups is 1. The molecule has 0 unspecified atom stereocenters. The standard InChI is InChI=1S/C8H15NO2/c1-2-6-4-3-5-7(6)11-8(9)10/h6-7H,2-5H2,1H3,(H2,9,10)/t6-,7+/m1/s1. The quantitative estimate of drug-likeness (QED) is 0.662. The summed E-state index contributed by atoms with van der Waals surface area (Å²) in [5.41, 5.74) is 4.93. The first-order valence-electron chi connectivity index (χ1n) is 4.20. The number of nitrogens with two attached hydrogens (primary N) is 1. The lowest BCUT2D eigenvalue weighted by atomic mass is 10.0. The van der Waals surface area contributed by atoms with Gasteiger partial charge < -0.3 is 10.5 Å². The Morgan fingerprint density at radius 3 is 2.91 bits per heavy atom. The van der Waals surface area contributed by atoms with Crippen LogP contribution in [0.15, 0.2) is 0 Å². The zero-order valence-electron chi connectivity index (χ0n) is 6.88. The average molecular weight is 157 g/mol. The maximum Gasteiger partial charge on any atom is 0.404 e. The molecule has 0 heterocycles. The van der Waals surface area contributed by atoms with Gasteiger partial charge in [-0.1, -0.05) is 6.92 Å². The largest absolute Gasteiger partial charge is 0.446 e. The Morgan fingerprint density at radius 2 is 2.36 bits per heavy atom. The Morgan fingerprint density at radius 1 is 1.64 bits per heavy atom. The molecule has 64 valence electrons. The lowest BCUT2D eigenvalue weighted by molar-refractivity contribution is 0.0822. The highest BCUT2D eigenvalue weighted by Gasteiger charge is 2.28. The van der Waals surface area contributed by atoms with E-state index in [1.807, 2.05) is 0 Å². The fraction of sp³-hybridized carbons (Fsp3) is 0.875. The first-order valence-corrected chi connectivity index (χ1v) is 4.20. The first kappa shape index (κ1) is 8.37. The molecular formula is C8H15NO2. The molecule has 1 rings (SSSR count). The minimum atomic E-state index is -0.629. The van der Waals surface area contributed by atoms with Gasteiger partial charge in [0, 0.05) is 0 Å². The second-order valence-electron chi connectivity index (χ2n) is 3.07. The molecule has 3 heteroatoms. The Kier molecular flexibility index (Phi) is 2.74. The van der Waals surface area contributed by atoms with Crippen LogP contribution < -0.4 is 5.73 Å². The Labute approximate surface area is 66.9 Å². The average Bonchev–Trinajstić information content (AvgIpc) is 2.34. The van der Waals surface area contributed by atoms with Crippen LogP contribution in [-0.4, -0.2) is 12.2 Å². The molecule has 0 aliphatic heterocycles. The minimum Gasteiger partial charge on any atom is -0.446 e. The molecule has 1 amide bonds. The maximum atomic E-state index is 10.4. The summed E-state index contributed by atoms with van der Waals surface area (Å²) >= 11 is 0. The molecule has 1 saturated carbocycles. The molecule has 0 radical (unpaired) electrons. The third-order valence-electron chi connectivity index (χ3n) is 2.38. The van der Waals surface area contributed by atoms with Crippen molar-refractivity contribution < 1.29 is 9.53 Å². The van der Waals surface area contributed by atoms with Crippen molar-refractivity contribution in [1.82, 2.24) is 0 Å². The fourth-order valence-electron chi connectivity index (χ4n) is 1.77. The van der Waals surface area contributed by atoms with Crippen molar-refractivity contribution in [2.75, 3.05) is 0 Å². The zero-order valence-corrected chi connectivity index (χ0v) is 6.88. The van der Waals surface area contributed by atoms with Crippen molar-refractivity contribution >= 4 is 6.09 Å². The van der Waals surface area contributed by atoms with E-state index in [4.69, 9.17) is 10.5 Å². The van der Waals surface area contributed by atoms with Crippen molar-refractivity contribution in [3.63, 3.8) is 0 Å². The summed E-state index contributed by atoms with van der Waals surface area (Å²) in [4.78, 5) is 10.4. The van der Waals surface area contributed by atoms with E-state index in [2.05, 4.69) is 6.92 Å². The number of ether oxygens (including phenoxy) is 1. The van der Waals surface area contributed by atoms with Gasteiger partial charge in [-0.2, -0.15) is 0 Å². The van der Waals surface area contributed by atoms with E-state index in [1.54, 1.807) is 0 Å². The molecule has 2 atom stereocenters. The summed E-state index contributed by atoms with van der Waals surface area (Å²) in [6.45, 7) is 2.12. The van der Waals surface area contributed by atoms with E-state index < -0.39 is 6.09 Å². The topological polar surface area (TPSA) is 52.3 Å². The van der Waals surface area contributed by atoms with Crippen LogP contribution in [0.3, 0.4) is 0 Å². The summed E-state index contributed by atoms with van der Waals surface area (Å²) in [5.74, 6) is 0.544. The van der Waals surface area contributed by atoms with Gasteiger partial charge in [0.25, 0.3) is 0 Å². The van der Waals surface area contributed by atoms with Crippen LogP contribution in [0.5, 0.6) is 0 Å². The van der Waals surface area contributed by atoms with Crippen LogP contribution in [0.25, 0.3) is 0 Å². The van der Waals surface area contributed by atoms with Crippen LogP contribution >= 0.6 is 0 Å². The molecule has 1 aliphatic rings. The number of carbonyl (C=O) groups excluding carboxylic acids is 1. The highest BCUT2D eigenvalue weighted by atomic mass is 16.6. The lowest BCUT2D eigenvalue weighted by Crippen LogP contribution is -2.25. The van der Waals surface area contributed by atoms with Crippen molar-refractivity contribution in [1.29, 1.82) is 0 Å². The molecule has 1 fully saturated rings. The number of primary amides is 1. The Hall–Kier alpha value is -0.730. The normalized spacial score (nSPS) is 30.3. The predicted octanol–water partition coefficient (Wildman–Crippen LogP) is 1.66. The van der Waals surface area contributed by atoms with Gasteiger partial charge in [-0.15, -0.1) is 0 Å². The molecule has 1 aliphatic carbocycles. The van der Waals surface area contributed by atoms with Crippen molar-refractivity contribution in [2.24, 2.45) is 11.7 Å². The van der Waals surface area contributed by atoms with Gasteiger partial charge in [0.2, 0.25) is 0 Å². The second-order valence-corrected chi connectivity index (χ2v) is 3.07. The molecule has 3 nitrogen and oxygen atoms in total. The molecular weight excluding hydrogens is 142 g/mol. The molecule has 0 saturated heterocycles. The third-order valence-corrected chi connectivity index (χ3v) is 2.38. The highest BCUT2D eigenvalue weighted by molar-refractivity contribution is 5.64. The highest BCUT2D eigenvalue weighted by Crippen LogP contribution is 2.30. The molecule has 11 heavy (non-hydrogen) atoms. The molecule has 0 aromatic carbocycles. The summed E-state index contributed by atoms with van der Waals surface area (Å²) < 4.78 is 4.95. The van der Waals surface area contributed by atoms with E-state index in [0.717, 1.165) is 19.3 Å². The maximum absolute atomic E-state index is 10.4. The second kappa shape index (κ2) is 3.60.